The molecule has 1 aromatic rings. The quantitative estimate of drug-likeness (QED) is 0.740. The molecule has 15 heavy (non-hydrogen) atoms. The molecule has 0 bridgehead atoms. The van der Waals surface area contributed by atoms with Gasteiger partial charge in [0.25, 0.3) is 0 Å². The molecule has 1 aliphatic heterocycles. The fraction of sp³-hybridized carbons (Fsp3) is 0.545. The summed E-state index contributed by atoms with van der Waals surface area (Å²) in [6, 6.07) is 1.78. The molecular formula is C11H14O3S. The van der Waals surface area contributed by atoms with Gasteiger partial charge in [0, 0.05) is 18.4 Å². The van der Waals surface area contributed by atoms with Crippen molar-refractivity contribution in [3.05, 3.63) is 22.4 Å². The number of hydrogen-bond acceptors (Lipinski definition) is 4. The second-order valence-corrected chi connectivity index (χ2v) is 4.35. The van der Waals surface area contributed by atoms with Crippen molar-refractivity contribution in [2.24, 2.45) is 0 Å². The van der Waals surface area contributed by atoms with Crippen LogP contribution in [0, 0.1) is 0 Å². The van der Waals surface area contributed by atoms with E-state index in [1.54, 1.807) is 11.4 Å². The van der Waals surface area contributed by atoms with Gasteiger partial charge in [-0.3, -0.25) is 0 Å². The van der Waals surface area contributed by atoms with Gasteiger partial charge < -0.3 is 9.47 Å². The fourth-order valence-electron chi connectivity index (χ4n) is 1.62. The van der Waals surface area contributed by atoms with E-state index in [9.17, 15) is 4.79 Å². The predicted molar refractivity (Wildman–Crippen MR) is 58.2 cm³/mol. The minimum Gasteiger partial charge on any atom is -0.462 e. The Morgan fingerprint density at radius 3 is 3.27 bits per heavy atom. The van der Waals surface area contributed by atoms with Crippen LogP contribution in [0.1, 0.15) is 29.6 Å². The third kappa shape index (κ3) is 3.04. The smallest absolute Gasteiger partial charge is 0.338 e. The Labute approximate surface area is 93.0 Å². The third-order valence-electron chi connectivity index (χ3n) is 2.45. The van der Waals surface area contributed by atoms with Crippen LogP contribution in [0.5, 0.6) is 0 Å². The molecule has 0 amide bonds. The van der Waals surface area contributed by atoms with Crippen molar-refractivity contribution in [1.29, 1.82) is 0 Å². The van der Waals surface area contributed by atoms with E-state index in [1.807, 2.05) is 5.38 Å². The Kier molecular flexibility index (Phi) is 3.75. The summed E-state index contributed by atoms with van der Waals surface area (Å²) in [4.78, 5) is 11.4. The summed E-state index contributed by atoms with van der Waals surface area (Å²) in [6.45, 7) is 1.31. The van der Waals surface area contributed by atoms with E-state index >= 15 is 0 Å². The van der Waals surface area contributed by atoms with Gasteiger partial charge in [-0.2, -0.15) is 11.3 Å². The molecule has 1 atom stereocenters. The van der Waals surface area contributed by atoms with Crippen LogP contribution in [0.4, 0.5) is 0 Å². The van der Waals surface area contributed by atoms with E-state index in [1.165, 1.54) is 11.3 Å². The second kappa shape index (κ2) is 5.28. The Balaban J connectivity index is 1.67. The maximum atomic E-state index is 11.4. The van der Waals surface area contributed by atoms with Crippen molar-refractivity contribution < 1.29 is 14.3 Å². The molecule has 82 valence electrons. The molecule has 0 unspecified atom stereocenters. The first-order valence-corrected chi connectivity index (χ1v) is 6.11. The van der Waals surface area contributed by atoms with Crippen molar-refractivity contribution in [1.82, 2.24) is 0 Å². The van der Waals surface area contributed by atoms with Crippen LogP contribution in [0.2, 0.25) is 0 Å². The van der Waals surface area contributed by atoms with Crippen molar-refractivity contribution in [2.45, 2.75) is 25.4 Å². The molecule has 2 heterocycles. The lowest BCUT2D eigenvalue weighted by molar-refractivity contribution is 0.0386. The molecule has 0 radical (unpaired) electrons. The summed E-state index contributed by atoms with van der Waals surface area (Å²) >= 11 is 1.50. The van der Waals surface area contributed by atoms with Gasteiger partial charge in [0.05, 0.1) is 18.3 Å². The van der Waals surface area contributed by atoms with Gasteiger partial charge in [-0.25, -0.2) is 4.79 Å². The summed E-state index contributed by atoms with van der Waals surface area (Å²) in [6.07, 6.45) is 3.33. The first-order chi connectivity index (χ1) is 7.36. The monoisotopic (exact) mass is 226 g/mol. The zero-order chi connectivity index (χ0) is 10.5. The first kappa shape index (κ1) is 10.6. The number of hydrogen-bond donors (Lipinski definition) is 0. The molecule has 3 nitrogen and oxygen atoms in total. The lowest BCUT2D eigenvalue weighted by Gasteiger charge is -2.08. The topological polar surface area (TPSA) is 35.5 Å². The predicted octanol–water partition coefficient (Wildman–Crippen LogP) is 2.47. The Hall–Kier alpha value is -0.870. The van der Waals surface area contributed by atoms with Crippen LogP contribution in [0.15, 0.2) is 16.8 Å². The van der Waals surface area contributed by atoms with Crippen LogP contribution in [0.3, 0.4) is 0 Å². The minimum absolute atomic E-state index is 0.228. The molecule has 1 aromatic heterocycles. The molecule has 1 fully saturated rings. The van der Waals surface area contributed by atoms with E-state index in [2.05, 4.69) is 0 Å². The zero-order valence-electron chi connectivity index (χ0n) is 8.48. The van der Waals surface area contributed by atoms with E-state index in [4.69, 9.17) is 9.47 Å². The highest BCUT2D eigenvalue weighted by Crippen LogP contribution is 2.15. The lowest BCUT2D eigenvalue weighted by Crippen LogP contribution is -2.12. The van der Waals surface area contributed by atoms with Gasteiger partial charge in [-0.1, -0.05) is 0 Å². The molecular weight excluding hydrogens is 212 g/mol. The Morgan fingerprint density at radius 2 is 2.60 bits per heavy atom. The normalized spacial score (nSPS) is 20.4. The summed E-state index contributed by atoms with van der Waals surface area (Å²) < 4.78 is 10.6. The number of ether oxygens (including phenoxy) is 2. The second-order valence-electron chi connectivity index (χ2n) is 3.57. The summed E-state index contributed by atoms with van der Waals surface area (Å²) in [5, 5.41) is 3.67. The molecule has 0 saturated carbocycles. The minimum atomic E-state index is -0.228. The molecule has 0 aliphatic carbocycles. The Morgan fingerprint density at radius 1 is 1.67 bits per heavy atom. The van der Waals surface area contributed by atoms with E-state index in [0.717, 1.165) is 25.9 Å². The number of carbonyl (C=O) groups excluding carboxylic acids is 1. The number of carbonyl (C=O) groups is 1. The largest absolute Gasteiger partial charge is 0.462 e. The van der Waals surface area contributed by atoms with E-state index in [0.29, 0.717) is 18.3 Å². The van der Waals surface area contributed by atoms with Crippen LogP contribution in [-0.2, 0) is 9.47 Å². The molecule has 1 saturated heterocycles. The molecule has 0 spiro atoms. The van der Waals surface area contributed by atoms with Crippen molar-refractivity contribution in [3.63, 3.8) is 0 Å². The van der Waals surface area contributed by atoms with Gasteiger partial charge in [0.2, 0.25) is 0 Å². The number of rotatable bonds is 4. The standard InChI is InChI=1S/C11H14O3S/c12-11(9-4-7-15-8-9)14-6-3-10-2-1-5-13-10/h4,7-8,10H,1-3,5-6H2/t10-/m1/s1. The van der Waals surface area contributed by atoms with Gasteiger partial charge in [0.1, 0.15) is 0 Å². The van der Waals surface area contributed by atoms with E-state index in [-0.39, 0.29) is 5.97 Å². The highest BCUT2D eigenvalue weighted by Gasteiger charge is 2.16. The van der Waals surface area contributed by atoms with Crippen molar-refractivity contribution in [3.8, 4) is 0 Å². The van der Waals surface area contributed by atoms with Crippen LogP contribution >= 0.6 is 11.3 Å². The van der Waals surface area contributed by atoms with Gasteiger partial charge in [-0.15, -0.1) is 0 Å². The maximum absolute atomic E-state index is 11.4. The maximum Gasteiger partial charge on any atom is 0.338 e. The Bertz CT molecular complexity index is 302. The van der Waals surface area contributed by atoms with Crippen molar-refractivity contribution in [2.75, 3.05) is 13.2 Å². The van der Waals surface area contributed by atoms with Crippen molar-refractivity contribution >= 4 is 17.3 Å². The fourth-order valence-corrected chi connectivity index (χ4v) is 2.24. The van der Waals surface area contributed by atoms with Crippen LogP contribution in [0.25, 0.3) is 0 Å². The first-order valence-electron chi connectivity index (χ1n) is 5.17. The van der Waals surface area contributed by atoms with Crippen LogP contribution in [-0.4, -0.2) is 25.3 Å². The summed E-state index contributed by atoms with van der Waals surface area (Å²) in [5.41, 5.74) is 0.646. The van der Waals surface area contributed by atoms with Gasteiger partial charge in [-0.05, 0) is 24.3 Å². The zero-order valence-corrected chi connectivity index (χ0v) is 9.29. The average molecular weight is 226 g/mol. The molecule has 4 heteroatoms. The molecule has 0 N–H and O–H groups in total. The summed E-state index contributed by atoms with van der Waals surface area (Å²) in [7, 11) is 0. The molecule has 1 aliphatic rings. The highest BCUT2D eigenvalue weighted by atomic mass is 32.1. The molecule has 0 aromatic carbocycles. The number of thiophene rings is 1. The van der Waals surface area contributed by atoms with Gasteiger partial charge >= 0.3 is 5.97 Å². The molecule has 2 rings (SSSR count). The average Bonchev–Trinajstić information content (AvgIpc) is 2.90. The van der Waals surface area contributed by atoms with E-state index < -0.39 is 0 Å². The van der Waals surface area contributed by atoms with Gasteiger partial charge in [0.15, 0.2) is 0 Å². The highest BCUT2D eigenvalue weighted by molar-refractivity contribution is 7.08. The van der Waals surface area contributed by atoms with Crippen LogP contribution < -0.4 is 0 Å². The summed E-state index contributed by atoms with van der Waals surface area (Å²) in [5.74, 6) is -0.228. The third-order valence-corrected chi connectivity index (χ3v) is 3.14. The SMILES string of the molecule is O=C(OCC[C@H]1CCCO1)c1ccsc1. The number of esters is 1. The lowest BCUT2D eigenvalue weighted by atomic mass is 10.2.